The number of aliphatic carboxylic acids is 1. The number of benzene rings is 1. The summed E-state index contributed by atoms with van der Waals surface area (Å²) in [7, 11) is 0. The van der Waals surface area contributed by atoms with Gasteiger partial charge in [0.2, 0.25) is 0 Å². The maximum atomic E-state index is 10.6. The summed E-state index contributed by atoms with van der Waals surface area (Å²) in [5.74, 6) is -0.884. The Morgan fingerprint density at radius 2 is 2.13 bits per heavy atom. The first kappa shape index (κ1) is 11.7. The molecule has 0 bridgehead atoms. The maximum absolute atomic E-state index is 10.6. The minimum Gasteiger partial charge on any atom is -0.506 e. The number of carboxylic acids is 1. The fraction of sp³-hybridized carbons (Fsp3) is 0.300. The molecule has 0 heterocycles. The Hall–Kier alpha value is -1.42. The summed E-state index contributed by atoms with van der Waals surface area (Å²) in [5, 5.41) is 18.2. The third-order valence-electron chi connectivity index (χ3n) is 1.90. The molecule has 0 saturated heterocycles. The lowest BCUT2D eigenvalue weighted by Gasteiger charge is -2.13. The zero-order valence-electron chi connectivity index (χ0n) is 8.32. The van der Waals surface area contributed by atoms with E-state index >= 15 is 0 Å². The van der Waals surface area contributed by atoms with Crippen molar-refractivity contribution in [2.24, 2.45) is 0 Å². The third-order valence-corrected chi connectivity index (χ3v) is 2.20. The van der Waals surface area contributed by atoms with E-state index in [-0.39, 0.29) is 10.8 Å². The van der Waals surface area contributed by atoms with E-state index in [1.165, 1.54) is 19.1 Å². The molecule has 1 aromatic carbocycles. The van der Waals surface area contributed by atoms with Crippen molar-refractivity contribution in [2.45, 2.75) is 20.0 Å². The first-order valence-corrected chi connectivity index (χ1v) is 4.68. The highest BCUT2D eigenvalue weighted by molar-refractivity contribution is 6.32. The van der Waals surface area contributed by atoms with Gasteiger partial charge in [-0.25, -0.2) is 4.79 Å². The van der Waals surface area contributed by atoms with E-state index < -0.39 is 12.1 Å². The van der Waals surface area contributed by atoms with E-state index in [1.54, 1.807) is 6.92 Å². The highest BCUT2D eigenvalue weighted by Gasteiger charge is 2.15. The monoisotopic (exact) mass is 230 g/mol. The molecule has 4 nitrogen and oxygen atoms in total. The molecule has 1 unspecified atom stereocenters. The number of hydrogen-bond donors (Lipinski definition) is 2. The lowest BCUT2D eigenvalue weighted by molar-refractivity contribution is -0.144. The summed E-state index contributed by atoms with van der Waals surface area (Å²) >= 11 is 5.66. The van der Waals surface area contributed by atoms with Crippen LogP contribution in [0.2, 0.25) is 5.02 Å². The fourth-order valence-corrected chi connectivity index (χ4v) is 1.23. The zero-order valence-corrected chi connectivity index (χ0v) is 9.08. The molecule has 0 aliphatic rings. The van der Waals surface area contributed by atoms with Crippen LogP contribution in [0.4, 0.5) is 0 Å². The largest absolute Gasteiger partial charge is 0.506 e. The Kier molecular flexibility index (Phi) is 3.42. The second-order valence-electron chi connectivity index (χ2n) is 3.17. The van der Waals surface area contributed by atoms with Crippen LogP contribution in [0.1, 0.15) is 12.5 Å². The number of phenolic OH excluding ortho intramolecular Hbond substituents is 1. The molecule has 82 valence electrons. The molecule has 5 heteroatoms. The van der Waals surface area contributed by atoms with Crippen molar-refractivity contribution in [2.75, 3.05) is 0 Å². The number of aryl methyl sites for hydroxylation is 1. The molecule has 1 atom stereocenters. The summed E-state index contributed by atoms with van der Waals surface area (Å²) in [6.07, 6.45) is -0.968. The lowest BCUT2D eigenvalue weighted by Crippen LogP contribution is -2.23. The fourth-order valence-electron chi connectivity index (χ4n) is 1.01. The van der Waals surface area contributed by atoms with Crippen LogP contribution in [0, 0.1) is 6.92 Å². The Balaban J connectivity index is 2.95. The van der Waals surface area contributed by atoms with Crippen LogP contribution >= 0.6 is 11.6 Å². The Morgan fingerprint density at radius 1 is 1.53 bits per heavy atom. The first-order valence-electron chi connectivity index (χ1n) is 4.30. The average molecular weight is 231 g/mol. The van der Waals surface area contributed by atoms with Crippen molar-refractivity contribution in [1.29, 1.82) is 0 Å². The van der Waals surface area contributed by atoms with E-state index in [0.717, 1.165) is 0 Å². The van der Waals surface area contributed by atoms with Crippen LogP contribution in [-0.2, 0) is 4.79 Å². The Morgan fingerprint density at radius 3 is 2.67 bits per heavy atom. The van der Waals surface area contributed by atoms with Crippen LogP contribution in [0.3, 0.4) is 0 Å². The van der Waals surface area contributed by atoms with E-state index in [1.807, 2.05) is 0 Å². The molecule has 0 radical (unpaired) electrons. The van der Waals surface area contributed by atoms with Crippen LogP contribution in [0.15, 0.2) is 12.1 Å². The van der Waals surface area contributed by atoms with Gasteiger partial charge in [0.1, 0.15) is 11.5 Å². The van der Waals surface area contributed by atoms with Crippen LogP contribution in [-0.4, -0.2) is 22.3 Å². The lowest BCUT2D eigenvalue weighted by atomic mass is 10.2. The number of hydrogen-bond acceptors (Lipinski definition) is 3. The minimum atomic E-state index is -1.07. The van der Waals surface area contributed by atoms with Gasteiger partial charge >= 0.3 is 5.97 Å². The molecule has 0 aliphatic heterocycles. The topological polar surface area (TPSA) is 66.8 Å². The molecule has 0 fully saturated rings. The minimum absolute atomic E-state index is 0.130. The summed E-state index contributed by atoms with van der Waals surface area (Å²) < 4.78 is 5.12. The second-order valence-corrected chi connectivity index (χ2v) is 3.57. The number of halogens is 1. The van der Waals surface area contributed by atoms with Crippen molar-refractivity contribution < 1.29 is 19.7 Å². The van der Waals surface area contributed by atoms with Crippen LogP contribution < -0.4 is 4.74 Å². The average Bonchev–Trinajstić information content (AvgIpc) is 2.13. The van der Waals surface area contributed by atoms with Gasteiger partial charge in [0, 0.05) is 6.07 Å². The van der Waals surface area contributed by atoms with Gasteiger partial charge in [-0.2, -0.15) is 0 Å². The summed E-state index contributed by atoms with van der Waals surface area (Å²) in [5.41, 5.74) is 0.672. The van der Waals surface area contributed by atoms with Crippen LogP contribution in [0.5, 0.6) is 11.5 Å². The van der Waals surface area contributed by atoms with Gasteiger partial charge < -0.3 is 14.9 Å². The van der Waals surface area contributed by atoms with Gasteiger partial charge in [-0.1, -0.05) is 11.6 Å². The second kappa shape index (κ2) is 4.40. The number of rotatable bonds is 3. The summed E-state index contributed by atoms with van der Waals surface area (Å²) in [4.78, 5) is 10.6. The molecule has 2 N–H and O–H groups in total. The molecule has 0 aliphatic carbocycles. The standard InChI is InChI=1S/C10H11ClO4/c1-5-3-7(11)8(12)4-9(5)15-6(2)10(13)14/h3-4,6,12H,1-2H3,(H,13,14). The van der Waals surface area contributed by atoms with Gasteiger partial charge in [0.25, 0.3) is 0 Å². The molecule has 15 heavy (non-hydrogen) atoms. The van der Waals surface area contributed by atoms with Gasteiger partial charge in [-0.05, 0) is 25.5 Å². The molecule has 0 aromatic heterocycles. The number of carbonyl (C=O) groups is 1. The number of phenols is 1. The Labute approximate surface area is 92.1 Å². The smallest absolute Gasteiger partial charge is 0.344 e. The van der Waals surface area contributed by atoms with Crippen molar-refractivity contribution in [3.63, 3.8) is 0 Å². The number of ether oxygens (including phenoxy) is 1. The van der Waals surface area contributed by atoms with Gasteiger partial charge in [-0.3, -0.25) is 0 Å². The van der Waals surface area contributed by atoms with E-state index in [9.17, 15) is 9.90 Å². The van der Waals surface area contributed by atoms with Crippen LogP contribution in [0.25, 0.3) is 0 Å². The normalized spacial score (nSPS) is 12.2. The summed E-state index contributed by atoms with van der Waals surface area (Å²) in [6.45, 7) is 3.13. The predicted molar refractivity (Wildman–Crippen MR) is 55.6 cm³/mol. The molecular weight excluding hydrogens is 220 g/mol. The first-order chi connectivity index (χ1) is 6.91. The van der Waals surface area contributed by atoms with E-state index in [2.05, 4.69) is 0 Å². The highest BCUT2D eigenvalue weighted by atomic mass is 35.5. The maximum Gasteiger partial charge on any atom is 0.344 e. The van der Waals surface area contributed by atoms with E-state index in [0.29, 0.717) is 11.3 Å². The van der Waals surface area contributed by atoms with Crippen molar-refractivity contribution in [1.82, 2.24) is 0 Å². The molecule has 0 spiro atoms. The summed E-state index contributed by atoms with van der Waals surface area (Å²) in [6, 6.07) is 2.82. The number of carboxylic acid groups (broad SMARTS) is 1. The van der Waals surface area contributed by atoms with Gasteiger partial charge in [0.05, 0.1) is 5.02 Å². The highest BCUT2D eigenvalue weighted by Crippen LogP contribution is 2.31. The molecule has 0 saturated carbocycles. The predicted octanol–water partition coefficient (Wildman–Crippen LogP) is 2.21. The molecular formula is C10H11ClO4. The quantitative estimate of drug-likeness (QED) is 0.836. The molecule has 1 aromatic rings. The van der Waals surface area contributed by atoms with E-state index in [4.69, 9.17) is 21.4 Å². The molecule has 1 rings (SSSR count). The Bertz CT molecular complexity index is 389. The van der Waals surface area contributed by atoms with Crippen molar-refractivity contribution >= 4 is 17.6 Å². The molecule has 0 amide bonds. The van der Waals surface area contributed by atoms with Crippen molar-refractivity contribution in [3.8, 4) is 11.5 Å². The van der Waals surface area contributed by atoms with Gasteiger partial charge in [0.15, 0.2) is 6.10 Å². The number of aromatic hydroxyl groups is 1. The third kappa shape index (κ3) is 2.76. The van der Waals surface area contributed by atoms with Crippen molar-refractivity contribution in [3.05, 3.63) is 22.7 Å². The zero-order chi connectivity index (χ0) is 11.6. The SMILES string of the molecule is Cc1cc(Cl)c(O)cc1OC(C)C(=O)O. The van der Waals surface area contributed by atoms with Gasteiger partial charge in [-0.15, -0.1) is 0 Å².